The van der Waals surface area contributed by atoms with E-state index in [-0.39, 0.29) is 34.6 Å². The van der Waals surface area contributed by atoms with E-state index >= 15 is 0 Å². The Labute approximate surface area is 206 Å². The van der Waals surface area contributed by atoms with Crippen LogP contribution < -0.4 is 15.6 Å². The Morgan fingerprint density at radius 2 is 1.84 bits per heavy atom. The van der Waals surface area contributed by atoms with Crippen molar-refractivity contribution in [3.05, 3.63) is 63.4 Å². The number of hydrogen-bond donors (Lipinski definition) is 3. The fraction of sp³-hybridized carbons (Fsp3) is 0.261. The minimum Gasteiger partial charge on any atom is -0.506 e. The molecule has 1 aliphatic rings. The molecule has 1 amide bonds. The van der Waals surface area contributed by atoms with Gasteiger partial charge in [0.1, 0.15) is 30.2 Å². The summed E-state index contributed by atoms with van der Waals surface area (Å²) in [4.78, 5) is 36.7. The molecule has 0 bridgehead atoms. The predicted molar refractivity (Wildman–Crippen MR) is 123 cm³/mol. The van der Waals surface area contributed by atoms with Gasteiger partial charge in [0, 0.05) is 17.7 Å². The van der Waals surface area contributed by atoms with Crippen LogP contribution in [0.1, 0.15) is 27.5 Å². The number of aromatic nitrogens is 1. The van der Waals surface area contributed by atoms with Gasteiger partial charge in [-0.2, -0.15) is 13.2 Å². The maximum Gasteiger partial charge on any atom is 0.416 e. The van der Waals surface area contributed by atoms with Gasteiger partial charge in [-0.3, -0.25) is 19.0 Å². The highest BCUT2D eigenvalue weighted by Crippen LogP contribution is 2.40. The van der Waals surface area contributed by atoms with Crippen LogP contribution in [0.4, 0.5) is 13.2 Å². The zero-order valence-electron chi connectivity index (χ0n) is 19.0. The zero-order chi connectivity index (χ0) is 27.3. The molecule has 3 aromatic rings. The first-order valence-electron chi connectivity index (χ1n) is 10.6. The van der Waals surface area contributed by atoms with Crippen molar-refractivity contribution in [3.63, 3.8) is 0 Å². The first-order chi connectivity index (χ1) is 17.2. The molecule has 0 radical (unpaired) electrons. The van der Waals surface area contributed by atoms with Gasteiger partial charge >= 0.3 is 12.1 Å². The number of nitrogens with zero attached hydrogens (tertiary/aromatic N) is 1. The number of nitrogens with one attached hydrogen (secondary N) is 1. The molecule has 37 heavy (non-hydrogen) atoms. The maximum absolute atomic E-state index is 13.4. The van der Waals surface area contributed by atoms with Crippen molar-refractivity contribution in [1.29, 1.82) is 0 Å². The number of carbonyl (C=O) groups is 2. The van der Waals surface area contributed by atoms with Gasteiger partial charge in [-0.1, -0.05) is 12.1 Å². The van der Waals surface area contributed by atoms with E-state index in [0.717, 1.165) is 35.1 Å². The summed E-state index contributed by atoms with van der Waals surface area (Å²) < 4.78 is 70.0. The first kappa shape index (κ1) is 26.0. The van der Waals surface area contributed by atoms with Crippen LogP contribution in [-0.4, -0.2) is 54.5 Å². The second kappa shape index (κ2) is 9.10. The van der Waals surface area contributed by atoms with Crippen LogP contribution in [0.3, 0.4) is 0 Å². The molecule has 3 N–H and O–H groups in total. The average molecular weight is 540 g/mol. The van der Waals surface area contributed by atoms with Gasteiger partial charge in [0.2, 0.25) is 0 Å². The number of carboxylic acid groups (broad SMARTS) is 1. The van der Waals surface area contributed by atoms with Gasteiger partial charge in [0.25, 0.3) is 11.5 Å². The van der Waals surface area contributed by atoms with Crippen LogP contribution in [0, 0.1) is 0 Å². The van der Waals surface area contributed by atoms with E-state index < -0.39 is 62.9 Å². The number of aliphatic carboxylic acids is 1. The number of pyridine rings is 1. The number of amides is 1. The summed E-state index contributed by atoms with van der Waals surface area (Å²) in [5.41, 5.74) is -2.31. The number of sulfone groups is 1. The van der Waals surface area contributed by atoms with E-state index in [9.17, 15) is 41.1 Å². The molecular weight excluding hydrogens is 521 g/mol. The van der Waals surface area contributed by atoms with Crippen molar-refractivity contribution in [1.82, 2.24) is 9.88 Å². The van der Waals surface area contributed by atoms with Crippen LogP contribution in [0.5, 0.6) is 11.5 Å². The molecule has 0 fully saturated rings. The Morgan fingerprint density at radius 1 is 1.19 bits per heavy atom. The molecule has 0 saturated carbocycles. The quantitative estimate of drug-likeness (QED) is 0.430. The van der Waals surface area contributed by atoms with E-state index in [1.807, 2.05) is 5.32 Å². The first-order valence-corrected chi connectivity index (χ1v) is 12.5. The Balaban J connectivity index is 1.91. The lowest BCUT2D eigenvalue weighted by atomic mass is 10.0. The topological polar surface area (TPSA) is 152 Å². The smallest absolute Gasteiger partial charge is 0.416 e. The predicted octanol–water partition coefficient (Wildman–Crippen LogP) is 2.12. The van der Waals surface area contributed by atoms with E-state index in [4.69, 9.17) is 9.84 Å². The monoisotopic (exact) mass is 540 g/mol. The number of halogens is 3. The van der Waals surface area contributed by atoms with Crippen LogP contribution in [0.25, 0.3) is 10.9 Å². The minimum atomic E-state index is -4.54. The van der Waals surface area contributed by atoms with Crippen LogP contribution in [0.2, 0.25) is 0 Å². The second-order valence-corrected chi connectivity index (χ2v) is 10.4. The molecule has 4 rings (SSSR count). The highest BCUT2D eigenvalue weighted by molar-refractivity contribution is 7.90. The molecule has 0 aliphatic carbocycles. The Bertz CT molecular complexity index is 1600. The Kier molecular flexibility index (Phi) is 6.40. The number of aromatic hydroxyl groups is 1. The molecule has 14 heteroatoms. The van der Waals surface area contributed by atoms with Crippen LogP contribution >= 0.6 is 0 Å². The number of ether oxygens (including phenoxy) is 1. The fourth-order valence-electron chi connectivity index (χ4n) is 4.10. The van der Waals surface area contributed by atoms with Crippen LogP contribution in [-0.2, 0) is 27.2 Å². The van der Waals surface area contributed by atoms with Gasteiger partial charge in [-0.25, -0.2) is 8.42 Å². The molecule has 2 heterocycles. The summed E-state index contributed by atoms with van der Waals surface area (Å²) >= 11 is 0. The third-order valence-electron chi connectivity index (χ3n) is 5.82. The molecule has 1 unspecified atom stereocenters. The van der Waals surface area contributed by atoms with Crippen molar-refractivity contribution in [2.75, 3.05) is 19.4 Å². The highest BCUT2D eigenvalue weighted by Gasteiger charge is 2.33. The molecule has 1 atom stereocenters. The standard InChI is InChI=1S/C23H19F3N2O8S/c1-37(34,35)14-7-15-19-16(8-14)36-10-13(6-11-2-4-12(5-3-11)23(24,25)26)28(19)22(33)18(20(15)31)21(32)27-9-17(29)30/h2-5,7-8,13,31H,6,9-10H2,1H3,(H,27,32)(H,29,30). The lowest BCUT2D eigenvalue weighted by Crippen LogP contribution is -2.39. The Hall–Kier alpha value is -4.07. The largest absolute Gasteiger partial charge is 0.506 e. The lowest BCUT2D eigenvalue weighted by molar-refractivity contribution is -0.138. The Morgan fingerprint density at radius 3 is 2.41 bits per heavy atom. The number of carbonyl (C=O) groups excluding carboxylic acids is 1. The van der Waals surface area contributed by atoms with Crippen LogP contribution in [0.15, 0.2) is 46.1 Å². The summed E-state index contributed by atoms with van der Waals surface area (Å²) in [6, 6.07) is 5.57. The van der Waals surface area contributed by atoms with Crippen molar-refractivity contribution < 1.29 is 46.1 Å². The van der Waals surface area contributed by atoms with Crippen molar-refractivity contribution in [2.45, 2.75) is 23.5 Å². The summed E-state index contributed by atoms with van der Waals surface area (Å²) in [5, 5.41) is 21.5. The molecule has 1 aromatic heterocycles. The molecule has 0 spiro atoms. The van der Waals surface area contributed by atoms with Gasteiger partial charge in [-0.15, -0.1) is 0 Å². The molecule has 10 nitrogen and oxygen atoms in total. The molecule has 196 valence electrons. The third-order valence-corrected chi connectivity index (χ3v) is 6.91. The summed E-state index contributed by atoms with van der Waals surface area (Å²) in [6.45, 7) is -1.07. The number of benzene rings is 2. The molecule has 2 aromatic carbocycles. The average Bonchev–Trinajstić information content (AvgIpc) is 2.80. The number of hydrogen-bond acceptors (Lipinski definition) is 7. The van der Waals surface area contributed by atoms with Crippen molar-refractivity contribution >= 4 is 32.6 Å². The van der Waals surface area contributed by atoms with Gasteiger partial charge in [0.15, 0.2) is 9.84 Å². The van der Waals surface area contributed by atoms with Gasteiger partial charge in [-0.05, 0) is 30.2 Å². The van der Waals surface area contributed by atoms with E-state index in [1.165, 1.54) is 12.1 Å². The maximum atomic E-state index is 13.4. The van der Waals surface area contributed by atoms with Gasteiger partial charge < -0.3 is 20.3 Å². The normalized spacial score (nSPS) is 15.3. The van der Waals surface area contributed by atoms with E-state index in [2.05, 4.69) is 0 Å². The van der Waals surface area contributed by atoms with Gasteiger partial charge in [0.05, 0.1) is 22.0 Å². The number of carboxylic acids is 1. The summed E-state index contributed by atoms with van der Waals surface area (Å²) in [7, 11) is -3.82. The minimum absolute atomic E-state index is 0.0125. The third kappa shape index (κ3) is 4.96. The molecule has 1 aliphatic heterocycles. The summed E-state index contributed by atoms with van der Waals surface area (Å²) in [6.07, 6.45) is -3.65. The lowest BCUT2D eigenvalue weighted by Gasteiger charge is -2.30. The second-order valence-electron chi connectivity index (χ2n) is 8.43. The summed E-state index contributed by atoms with van der Waals surface area (Å²) in [5.74, 6) is -3.55. The molecule has 0 saturated heterocycles. The van der Waals surface area contributed by atoms with E-state index in [0.29, 0.717) is 5.56 Å². The SMILES string of the molecule is CS(=O)(=O)c1cc2c3c(c1)c(O)c(C(=O)NCC(=O)O)c(=O)n3C(Cc1ccc(C(F)(F)F)cc1)CO2. The van der Waals surface area contributed by atoms with E-state index in [1.54, 1.807) is 0 Å². The van der Waals surface area contributed by atoms with Crippen molar-refractivity contribution in [2.24, 2.45) is 0 Å². The zero-order valence-corrected chi connectivity index (χ0v) is 19.8. The number of rotatable bonds is 6. The molecular formula is C23H19F3N2O8S. The fourth-order valence-corrected chi connectivity index (χ4v) is 4.76. The highest BCUT2D eigenvalue weighted by atomic mass is 32.2. The van der Waals surface area contributed by atoms with Crippen molar-refractivity contribution in [3.8, 4) is 11.5 Å². The number of alkyl halides is 3.